The zero-order valence-electron chi connectivity index (χ0n) is 4.05. The molecule has 0 aliphatic heterocycles. The van der Waals surface area contributed by atoms with E-state index in [0.29, 0.717) is 0 Å². The van der Waals surface area contributed by atoms with Crippen LogP contribution in [-0.2, 0) is 24.5 Å². The molecule has 0 saturated carbocycles. The normalized spacial score (nSPS) is 8.14. The molecule has 1 N–H and O–H groups in total. The second kappa shape index (κ2) is 6.17. The van der Waals surface area contributed by atoms with Crippen LogP contribution < -0.4 is 51.4 Å². The Morgan fingerprint density at radius 1 is 1.29 bits per heavy atom. The summed E-state index contributed by atoms with van der Waals surface area (Å²) in [6.45, 7) is 0. The van der Waals surface area contributed by atoms with E-state index >= 15 is 0 Å². The topological polar surface area (TPSA) is 71.4 Å². The zero-order chi connectivity index (χ0) is 4.50. The molecular weight excluding hydrogens is 185 g/mol. The van der Waals surface area contributed by atoms with Gasteiger partial charge in [0.25, 0.3) is 0 Å². The van der Waals surface area contributed by atoms with E-state index in [1.807, 2.05) is 0 Å². The van der Waals surface area contributed by atoms with E-state index < -0.39 is 13.0 Å². The number of rotatable bonds is 0. The van der Waals surface area contributed by atoms with Gasteiger partial charge >= 0.3 is 80.0 Å². The van der Waals surface area contributed by atoms with Crippen LogP contribution in [0.5, 0.6) is 0 Å². The molecule has 0 spiro atoms. The molecule has 0 aromatic heterocycles. The summed E-state index contributed by atoms with van der Waals surface area (Å²) in [6, 6.07) is 0. The van der Waals surface area contributed by atoms with Crippen LogP contribution in [0, 0.1) is 0 Å². The molecular formula is H5AlKMnO4. The van der Waals surface area contributed by atoms with Gasteiger partial charge < -0.3 is 1.43 Å². The fourth-order valence-electron chi connectivity index (χ4n) is 0. The van der Waals surface area contributed by atoms with Crippen LogP contribution in [-0.4, -0.2) is 21.5 Å². The molecule has 40 valence electrons. The van der Waals surface area contributed by atoms with Crippen molar-refractivity contribution in [2.24, 2.45) is 0 Å². The molecule has 0 aromatic rings. The molecule has 0 fully saturated rings. The third kappa shape index (κ3) is 70.2. The Labute approximate surface area is 96.9 Å². The van der Waals surface area contributed by atoms with Gasteiger partial charge in [-0.1, -0.05) is 0 Å². The Bertz CT molecular complexity index is 137. The van der Waals surface area contributed by atoms with Gasteiger partial charge in [0.15, 0.2) is 17.4 Å². The van der Waals surface area contributed by atoms with Crippen LogP contribution in [0.4, 0.5) is 0 Å². The minimum absolute atomic E-state index is 0. The van der Waals surface area contributed by atoms with Crippen molar-refractivity contribution in [3.8, 4) is 0 Å². The molecule has 0 aliphatic carbocycles. The molecule has 0 aliphatic rings. The van der Waals surface area contributed by atoms with Gasteiger partial charge in [-0.3, -0.25) is 0 Å². The first-order chi connectivity index (χ1) is 2.00. The van der Waals surface area contributed by atoms with E-state index in [4.69, 9.17) is 15.7 Å². The molecule has 0 saturated heterocycles. The van der Waals surface area contributed by atoms with Crippen molar-refractivity contribution in [1.29, 1.82) is 0 Å². The molecule has 0 heterocycles. The van der Waals surface area contributed by atoms with Crippen molar-refractivity contribution in [2.75, 3.05) is 0 Å². The molecule has 7 heavy (non-hydrogen) atoms. The van der Waals surface area contributed by atoms with Crippen LogP contribution in [0.2, 0.25) is 0 Å². The van der Waals surface area contributed by atoms with Crippen molar-refractivity contribution in [1.82, 2.24) is 0 Å². The minimum atomic E-state index is -5.38. The summed E-state index contributed by atoms with van der Waals surface area (Å²) in [5, 5.41) is 0. The van der Waals surface area contributed by atoms with Gasteiger partial charge in [0.05, 0.1) is 0 Å². The Morgan fingerprint density at radius 2 is 1.29 bits per heavy atom. The average Bonchev–Trinajstić information content (AvgIpc) is 0.722. The average molecular weight is 190 g/mol. The van der Waals surface area contributed by atoms with Gasteiger partial charge in [0.2, 0.25) is 0 Å². The molecule has 0 radical (unpaired) electrons. The van der Waals surface area contributed by atoms with Gasteiger partial charge in [0, 0.05) is 0 Å². The van der Waals surface area contributed by atoms with E-state index in [2.05, 4.69) is 0 Å². The van der Waals surface area contributed by atoms with Crippen LogP contribution >= 0.6 is 0 Å². The fraction of sp³-hybridized carbons (Fsp3) is 0. The van der Waals surface area contributed by atoms with Crippen LogP contribution in [0.25, 0.3) is 0 Å². The monoisotopic (exact) mass is 190 g/mol. The second-order valence-electron chi connectivity index (χ2n) is 0.396. The zero-order valence-corrected chi connectivity index (χ0v) is 7.35. The van der Waals surface area contributed by atoms with Gasteiger partial charge in [-0.2, -0.15) is 0 Å². The molecule has 0 unspecified atom stereocenters. The number of hydrogen-bond acceptors (Lipinski definition) is 3. The predicted octanol–water partition coefficient (Wildman–Crippen LogP) is -4.98. The SMILES string of the molecule is [AlH3].[H-].[K+].[O]=[Mn](=[O])(=[O])[OH]. The van der Waals surface area contributed by atoms with Crippen molar-refractivity contribution in [3.05, 3.63) is 0 Å². The van der Waals surface area contributed by atoms with E-state index in [0.717, 1.165) is 0 Å². The summed E-state index contributed by atoms with van der Waals surface area (Å²) in [4.78, 5) is 0. The van der Waals surface area contributed by atoms with Crippen molar-refractivity contribution >= 4 is 17.4 Å². The van der Waals surface area contributed by atoms with E-state index in [1.54, 1.807) is 0 Å². The Kier molecular flexibility index (Phi) is 14.1. The van der Waals surface area contributed by atoms with Crippen molar-refractivity contribution in [3.63, 3.8) is 0 Å². The van der Waals surface area contributed by atoms with Gasteiger partial charge in [0.1, 0.15) is 0 Å². The molecule has 0 amide bonds. The molecule has 0 rings (SSSR count). The van der Waals surface area contributed by atoms with E-state index in [1.165, 1.54) is 0 Å². The second-order valence-corrected chi connectivity index (χ2v) is 1.63. The van der Waals surface area contributed by atoms with Crippen LogP contribution in [0.3, 0.4) is 0 Å². The van der Waals surface area contributed by atoms with Gasteiger partial charge in [-0.15, -0.1) is 0 Å². The summed E-state index contributed by atoms with van der Waals surface area (Å²) < 4.78 is 33.1. The third-order valence-electron chi connectivity index (χ3n) is 0. The molecule has 0 bridgehead atoms. The standard InChI is InChI=1S/Al.K.Mn.H2O.3O.4H/h;;;1H2;;;;;;;/q;2*+1;;;;;;;;-1/p-1. The summed E-state index contributed by atoms with van der Waals surface area (Å²) in [5.74, 6) is 0. The maximum absolute atomic E-state index is 8.69. The summed E-state index contributed by atoms with van der Waals surface area (Å²) in [5.41, 5.74) is 0. The summed E-state index contributed by atoms with van der Waals surface area (Å²) in [6.07, 6.45) is 0. The third-order valence-corrected chi connectivity index (χ3v) is 0. The first-order valence-electron chi connectivity index (χ1n) is 0.632. The maximum atomic E-state index is 8.69. The number of hydrogen-bond donors (Lipinski definition) is 1. The fourth-order valence-corrected chi connectivity index (χ4v) is 0. The summed E-state index contributed by atoms with van der Waals surface area (Å²) >= 11 is -5.38. The van der Waals surface area contributed by atoms with E-state index in [9.17, 15) is 0 Å². The Hall–Kier alpha value is 2.05. The van der Waals surface area contributed by atoms with Crippen molar-refractivity contribution < 1.29 is 81.5 Å². The van der Waals surface area contributed by atoms with Crippen LogP contribution in [0.15, 0.2) is 0 Å². The summed E-state index contributed by atoms with van der Waals surface area (Å²) in [7, 11) is 0. The molecule has 7 heteroatoms. The van der Waals surface area contributed by atoms with Crippen LogP contribution in [0.1, 0.15) is 1.43 Å². The molecule has 0 aromatic carbocycles. The van der Waals surface area contributed by atoms with Crippen molar-refractivity contribution in [2.45, 2.75) is 0 Å². The first-order valence-corrected chi connectivity index (χ1v) is 2.61. The Morgan fingerprint density at radius 3 is 1.29 bits per heavy atom. The predicted molar refractivity (Wildman–Crippen MR) is 15.3 cm³/mol. The van der Waals surface area contributed by atoms with Gasteiger partial charge in [-0.25, -0.2) is 0 Å². The Balaban J connectivity index is -0.0000000267. The quantitative estimate of drug-likeness (QED) is 0.388. The molecule has 0 atom stereocenters. The van der Waals surface area contributed by atoms with E-state index in [-0.39, 0.29) is 70.2 Å². The molecule has 4 nitrogen and oxygen atoms in total. The van der Waals surface area contributed by atoms with Gasteiger partial charge in [-0.05, 0) is 0 Å². The first kappa shape index (κ1) is 16.0.